The molecule has 2 aromatic rings. The normalized spacial score (nSPS) is 11.8. The summed E-state index contributed by atoms with van der Waals surface area (Å²) in [4.78, 5) is 41.6. The van der Waals surface area contributed by atoms with Gasteiger partial charge in [-0.2, -0.15) is 0 Å². The van der Waals surface area contributed by atoms with E-state index in [4.69, 9.17) is 0 Å². The van der Waals surface area contributed by atoms with Crippen molar-refractivity contribution < 1.29 is 4.79 Å². The molecule has 0 aromatic carbocycles. The zero-order valence-electron chi connectivity index (χ0n) is 15.8. The zero-order chi connectivity index (χ0) is 18.9. The molecule has 0 atom stereocenters. The van der Waals surface area contributed by atoms with Crippen LogP contribution >= 0.6 is 0 Å². The van der Waals surface area contributed by atoms with Crippen LogP contribution in [-0.2, 0) is 25.3 Å². The summed E-state index contributed by atoms with van der Waals surface area (Å²) in [5, 5.41) is 3.18. The van der Waals surface area contributed by atoms with E-state index in [1.807, 2.05) is 27.7 Å². The third-order valence-corrected chi connectivity index (χ3v) is 4.02. The van der Waals surface area contributed by atoms with Gasteiger partial charge in [-0.05, 0) is 17.4 Å². The van der Waals surface area contributed by atoms with Crippen LogP contribution in [0.1, 0.15) is 46.1 Å². The summed E-state index contributed by atoms with van der Waals surface area (Å²) in [7, 11) is 2.99. The molecule has 0 aliphatic rings. The molecule has 2 aromatic heterocycles. The Morgan fingerprint density at radius 1 is 1.20 bits per heavy atom. The largest absolute Gasteiger partial charge is 0.332 e. The number of fused-ring (bicyclic) bond motifs is 1. The molecule has 0 fully saturated rings. The van der Waals surface area contributed by atoms with Crippen LogP contribution in [0.5, 0.6) is 0 Å². The van der Waals surface area contributed by atoms with Gasteiger partial charge in [0.2, 0.25) is 5.91 Å². The first-order chi connectivity index (χ1) is 11.6. The van der Waals surface area contributed by atoms with Gasteiger partial charge in [-0.1, -0.05) is 34.1 Å². The van der Waals surface area contributed by atoms with Crippen LogP contribution in [0, 0.1) is 5.41 Å². The number of hydrogen-bond donors (Lipinski definition) is 1. The topological polar surface area (TPSA) is 86.0 Å². The van der Waals surface area contributed by atoms with Crippen LogP contribution in [-0.4, -0.2) is 20.0 Å². The average molecular weight is 346 g/mol. The Morgan fingerprint density at radius 3 is 2.40 bits per heavy atom. The lowest BCUT2D eigenvalue weighted by Gasteiger charge is -2.19. The Hall–Kier alpha value is -2.44. The van der Waals surface area contributed by atoms with Gasteiger partial charge in [-0.3, -0.25) is 18.7 Å². The standard InChI is InChI=1S/C18H26N4O3/c1-7-8-11-10-19-15-13(16(24)22(6)17(25)21(15)5)14(11)20-12(23)9-18(2,3)4/h10H,7-9H2,1-6H3,(H,19,20,23). The van der Waals surface area contributed by atoms with E-state index in [0.717, 1.165) is 16.6 Å². The van der Waals surface area contributed by atoms with E-state index < -0.39 is 11.2 Å². The number of anilines is 1. The third-order valence-electron chi connectivity index (χ3n) is 4.02. The smallest absolute Gasteiger partial charge is 0.325 e. The molecule has 1 amide bonds. The molecule has 7 nitrogen and oxygen atoms in total. The van der Waals surface area contributed by atoms with E-state index in [1.165, 1.54) is 11.6 Å². The number of hydrogen-bond acceptors (Lipinski definition) is 4. The second-order valence-electron chi connectivity index (χ2n) is 7.60. The Labute approximate surface area is 146 Å². The number of pyridine rings is 1. The Bertz CT molecular complexity index is 932. The predicted octanol–water partition coefficient (Wildman–Crippen LogP) is 1.96. The maximum Gasteiger partial charge on any atom is 0.332 e. The van der Waals surface area contributed by atoms with Crippen molar-refractivity contribution in [1.29, 1.82) is 0 Å². The van der Waals surface area contributed by atoms with Crippen molar-refractivity contribution in [2.24, 2.45) is 19.5 Å². The molecule has 2 heterocycles. The second kappa shape index (κ2) is 6.82. The fourth-order valence-electron chi connectivity index (χ4n) is 2.83. The SMILES string of the molecule is CCCc1cnc2c(c1NC(=O)CC(C)(C)C)c(=O)n(C)c(=O)n2C. The molecule has 7 heteroatoms. The lowest BCUT2D eigenvalue weighted by atomic mass is 9.92. The predicted molar refractivity (Wildman–Crippen MR) is 98.9 cm³/mol. The number of rotatable bonds is 4. The van der Waals surface area contributed by atoms with E-state index in [0.29, 0.717) is 18.5 Å². The van der Waals surface area contributed by atoms with Gasteiger partial charge < -0.3 is 5.32 Å². The lowest BCUT2D eigenvalue weighted by molar-refractivity contribution is -0.117. The summed E-state index contributed by atoms with van der Waals surface area (Å²) in [6.07, 6.45) is 3.49. The van der Waals surface area contributed by atoms with Gasteiger partial charge in [-0.15, -0.1) is 0 Å². The molecule has 0 aliphatic carbocycles. The van der Waals surface area contributed by atoms with E-state index in [-0.39, 0.29) is 22.4 Å². The summed E-state index contributed by atoms with van der Waals surface area (Å²) in [5.74, 6) is -0.159. The van der Waals surface area contributed by atoms with Gasteiger partial charge in [0.05, 0.1) is 5.69 Å². The molecule has 0 spiro atoms. The molecule has 0 radical (unpaired) electrons. The highest BCUT2D eigenvalue weighted by Crippen LogP contribution is 2.26. The summed E-state index contributed by atoms with van der Waals surface area (Å²) < 4.78 is 2.37. The Morgan fingerprint density at radius 2 is 1.84 bits per heavy atom. The highest BCUT2D eigenvalue weighted by Gasteiger charge is 2.21. The summed E-state index contributed by atoms with van der Waals surface area (Å²) in [5.41, 5.74) is 0.481. The molecule has 2 rings (SSSR count). The minimum Gasteiger partial charge on any atom is -0.325 e. The number of aryl methyl sites for hydroxylation is 2. The minimum atomic E-state index is -0.449. The van der Waals surface area contributed by atoms with E-state index >= 15 is 0 Å². The number of amides is 1. The molecule has 0 saturated carbocycles. The molecule has 136 valence electrons. The molecule has 0 unspecified atom stereocenters. The molecular weight excluding hydrogens is 320 g/mol. The maximum absolute atomic E-state index is 12.7. The van der Waals surface area contributed by atoms with Crippen LogP contribution in [0.15, 0.2) is 15.8 Å². The van der Waals surface area contributed by atoms with Crippen LogP contribution < -0.4 is 16.6 Å². The Kier molecular flexibility index (Phi) is 5.15. The Balaban J connectivity index is 2.74. The lowest BCUT2D eigenvalue weighted by Crippen LogP contribution is -2.38. The molecular formula is C18H26N4O3. The van der Waals surface area contributed by atoms with Crippen molar-refractivity contribution in [2.75, 3.05) is 5.32 Å². The first kappa shape index (κ1) is 18.9. The second-order valence-corrected chi connectivity index (χ2v) is 7.60. The quantitative estimate of drug-likeness (QED) is 0.917. The number of nitrogens with zero attached hydrogens (tertiary/aromatic N) is 3. The molecule has 0 saturated heterocycles. The average Bonchev–Trinajstić information content (AvgIpc) is 2.50. The summed E-state index contributed by atoms with van der Waals surface area (Å²) in [6, 6.07) is 0. The van der Waals surface area contributed by atoms with Crippen molar-refractivity contribution in [1.82, 2.24) is 14.1 Å². The van der Waals surface area contributed by atoms with Crippen LogP contribution in [0.2, 0.25) is 0 Å². The van der Waals surface area contributed by atoms with Crippen LogP contribution in [0.25, 0.3) is 11.0 Å². The third kappa shape index (κ3) is 3.81. The fraction of sp³-hybridized carbons (Fsp3) is 0.556. The molecule has 1 N–H and O–H groups in total. The number of carbonyl (C=O) groups excluding carboxylic acids is 1. The van der Waals surface area contributed by atoms with Gasteiger partial charge in [0.15, 0.2) is 5.65 Å². The molecule has 0 bridgehead atoms. The maximum atomic E-state index is 12.7. The number of carbonyl (C=O) groups is 1. The highest BCUT2D eigenvalue weighted by molar-refractivity contribution is 6.01. The van der Waals surface area contributed by atoms with Crippen molar-refractivity contribution >= 4 is 22.6 Å². The van der Waals surface area contributed by atoms with Gasteiger partial charge in [0.1, 0.15) is 5.39 Å². The summed E-state index contributed by atoms with van der Waals surface area (Å²) in [6.45, 7) is 7.95. The number of nitrogens with one attached hydrogen (secondary N) is 1. The molecule has 25 heavy (non-hydrogen) atoms. The van der Waals surface area contributed by atoms with Gasteiger partial charge >= 0.3 is 5.69 Å². The van der Waals surface area contributed by atoms with Crippen LogP contribution in [0.4, 0.5) is 5.69 Å². The fourth-order valence-corrected chi connectivity index (χ4v) is 2.83. The monoisotopic (exact) mass is 346 g/mol. The van der Waals surface area contributed by atoms with Gasteiger partial charge in [0, 0.05) is 26.7 Å². The van der Waals surface area contributed by atoms with E-state index in [9.17, 15) is 14.4 Å². The van der Waals surface area contributed by atoms with E-state index in [2.05, 4.69) is 10.3 Å². The number of aromatic nitrogens is 3. The summed E-state index contributed by atoms with van der Waals surface area (Å²) >= 11 is 0. The molecule has 0 aliphatic heterocycles. The first-order valence-electron chi connectivity index (χ1n) is 8.44. The minimum absolute atomic E-state index is 0.159. The first-order valence-corrected chi connectivity index (χ1v) is 8.44. The highest BCUT2D eigenvalue weighted by atomic mass is 16.2. The van der Waals surface area contributed by atoms with Gasteiger partial charge in [0.25, 0.3) is 5.56 Å². The van der Waals surface area contributed by atoms with E-state index in [1.54, 1.807) is 13.2 Å². The van der Waals surface area contributed by atoms with Crippen molar-refractivity contribution in [2.45, 2.75) is 47.0 Å². The zero-order valence-corrected chi connectivity index (χ0v) is 15.8. The van der Waals surface area contributed by atoms with Crippen LogP contribution in [0.3, 0.4) is 0 Å². The van der Waals surface area contributed by atoms with Crippen molar-refractivity contribution in [3.05, 3.63) is 32.6 Å². The van der Waals surface area contributed by atoms with Crippen molar-refractivity contribution in [3.8, 4) is 0 Å². The van der Waals surface area contributed by atoms with Crippen molar-refractivity contribution in [3.63, 3.8) is 0 Å². The van der Waals surface area contributed by atoms with Gasteiger partial charge in [-0.25, -0.2) is 9.78 Å².